The SMILES string of the molecule is COc1cc2c(cc1OC)CN(CCCCCCN)CC2. The van der Waals surface area contributed by atoms with Crippen molar-refractivity contribution in [2.75, 3.05) is 33.9 Å². The maximum Gasteiger partial charge on any atom is 0.161 e. The molecule has 0 radical (unpaired) electrons. The van der Waals surface area contributed by atoms with E-state index in [1.165, 1.54) is 36.9 Å². The lowest BCUT2D eigenvalue weighted by molar-refractivity contribution is 0.246. The highest BCUT2D eigenvalue weighted by Gasteiger charge is 2.18. The molecule has 0 aromatic heterocycles. The molecule has 0 amide bonds. The van der Waals surface area contributed by atoms with E-state index < -0.39 is 0 Å². The van der Waals surface area contributed by atoms with Crippen LogP contribution in [-0.4, -0.2) is 38.8 Å². The summed E-state index contributed by atoms with van der Waals surface area (Å²) in [7, 11) is 3.39. The van der Waals surface area contributed by atoms with Crippen molar-refractivity contribution in [3.05, 3.63) is 23.3 Å². The number of fused-ring (bicyclic) bond motifs is 1. The first-order valence-corrected chi connectivity index (χ1v) is 7.94. The summed E-state index contributed by atoms with van der Waals surface area (Å²) < 4.78 is 10.8. The molecule has 118 valence electrons. The third-order valence-corrected chi connectivity index (χ3v) is 4.23. The van der Waals surface area contributed by atoms with Gasteiger partial charge in [-0.3, -0.25) is 4.90 Å². The quantitative estimate of drug-likeness (QED) is 0.748. The highest BCUT2D eigenvalue weighted by molar-refractivity contribution is 5.48. The number of nitrogens with two attached hydrogens (primary N) is 1. The molecule has 1 aliphatic heterocycles. The molecule has 0 fully saturated rings. The van der Waals surface area contributed by atoms with Crippen molar-refractivity contribution in [1.29, 1.82) is 0 Å². The second-order valence-electron chi connectivity index (χ2n) is 5.70. The van der Waals surface area contributed by atoms with E-state index in [9.17, 15) is 0 Å². The largest absolute Gasteiger partial charge is 0.493 e. The second kappa shape index (κ2) is 8.25. The van der Waals surface area contributed by atoms with E-state index in [0.717, 1.165) is 44.0 Å². The zero-order valence-electron chi connectivity index (χ0n) is 13.4. The van der Waals surface area contributed by atoms with Crippen LogP contribution in [0.4, 0.5) is 0 Å². The van der Waals surface area contributed by atoms with Crippen LogP contribution in [0.1, 0.15) is 36.8 Å². The summed E-state index contributed by atoms with van der Waals surface area (Å²) in [4.78, 5) is 2.54. The highest BCUT2D eigenvalue weighted by Crippen LogP contribution is 2.33. The Kier molecular flexibility index (Phi) is 6.33. The molecule has 1 aromatic carbocycles. The van der Waals surface area contributed by atoms with Crippen molar-refractivity contribution in [1.82, 2.24) is 4.90 Å². The standard InChI is InChI=1S/C17H28N2O2/c1-20-16-11-14-7-10-19(9-6-4-3-5-8-18)13-15(14)12-17(16)21-2/h11-12H,3-10,13,18H2,1-2H3. The summed E-state index contributed by atoms with van der Waals surface area (Å²) in [5, 5.41) is 0. The Balaban J connectivity index is 1.90. The predicted molar refractivity (Wildman–Crippen MR) is 86.0 cm³/mol. The average Bonchev–Trinajstić information content (AvgIpc) is 2.53. The molecule has 1 heterocycles. The summed E-state index contributed by atoms with van der Waals surface area (Å²) in [5.41, 5.74) is 8.30. The lowest BCUT2D eigenvalue weighted by Gasteiger charge is -2.29. The van der Waals surface area contributed by atoms with Crippen LogP contribution in [0, 0.1) is 0 Å². The van der Waals surface area contributed by atoms with Crippen molar-refractivity contribution in [3.63, 3.8) is 0 Å². The number of hydrogen-bond donors (Lipinski definition) is 1. The van der Waals surface area contributed by atoms with Crippen LogP contribution in [0.5, 0.6) is 11.5 Å². The summed E-state index contributed by atoms with van der Waals surface area (Å²) >= 11 is 0. The fourth-order valence-corrected chi connectivity index (χ4v) is 2.97. The topological polar surface area (TPSA) is 47.7 Å². The summed E-state index contributed by atoms with van der Waals surface area (Å²) in [6.07, 6.45) is 6.05. The van der Waals surface area contributed by atoms with Crippen LogP contribution >= 0.6 is 0 Å². The van der Waals surface area contributed by atoms with Crippen molar-refractivity contribution in [2.24, 2.45) is 5.73 Å². The zero-order valence-corrected chi connectivity index (χ0v) is 13.4. The number of unbranched alkanes of at least 4 members (excludes halogenated alkanes) is 3. The van der Waals surface area contributed by atoms with Crippen molar-refractivity contribution in [2.45, 2.75) is 38.6 Å². The minimum atomic E-state index is 0.818. The first kappa shape index (κ1) is 16.1. The van der Waals surface area contributed by atoms with Crippen molar-refractivity contribution in [3.8, 4) is 11.5 Å². The summed E-state index contributed by atoms with van der Waals surface area (Å²) in [6.45, 7) is 4.16. The Morgan fingerprint density at radius 2 is 1.67 bits per heavy atom. The smallest absolute Gasteiger partial charge is 0.161 e. The highest BCUT2D eigenvalue weighted by atomic mass is 16.5. The van der Waals surface area contributed by atoms with Gasteiger partial charge in [0.05, 0.1) is 14.2 Å². The maximum absolute atomic E-state index is 5.53. The van der Waals surface area contributed by atoms with E-state index in [1.54, 1.807) is 14.2 Å². The van der Waals surface area contributed by atoms with E-state index >= 15 is 0 Å². The molecule has 0 atom stereocenters. The molecular weight excluding hydrogens is 264 g/mol. The zero-order chi connectivity index (χ0) is 15.1. The number of rotatable bonds is 8. The van der Waals surface area contributed by atoms with Gasteiger partial charge in [-0.15, -0.1) is 0 Å². The Morgan fingerprint density at radius 1 is 1.00 bits per heavy atom. The second-order valence-corrected chi connectivity index (χ2v) is 5.70. The maximum atomic E-state index is 5.53. The number of methoxy groups -OCH3 is 2. The minimum absolute atomic E-state index is 0.818. The molecule has 4 nitrogen and oxygen atoms in total. The number of nitrogens with zero attached hydrogens (tertiary/aromatic N) is 1. The van der Waals surface area contributed by atoms with Gasteiger partial charge in [-0.1, -0.05) is 12.8 Å². The molecule has 2 N–H and O–H groups in total. The molecule has 0 unspecified atom stereocenters. The molecule has 0 aliphatic carbocycles. The van der Waals surface area contributed by atoms with Gasteiger partial charge in [-0.2, -0.15) is 0 Å². The summed E-state index contributed by atoms with van der Waals surface area (Å²) in [5.74, 6) is 1.67. The van der Waals surface area contributed by atoms with Gasteiger partial charge >= 0.3 is 0 Å². The average molecular weight is 292 g/mol. The van der Waals surface area contributed by atoms with Gasteiger partial charge in [0, 0.05) is 13.1 Å². The lowest BCUT2D eigenvalue weighted by Crippen LogP contribution is -2.31. The van der Waals surface area contributed by atoms with Crippen molar-refractivity contribution >= 4 is 0 Å². The van der Waals surface area contributed by atoms with Gasteiger partial charge < -0.3 is 15.2 Å². The molecule has 21 heavy (non-hydrogen) atoms. The van der Waals surface area contributed by atoms with Crippen LogP contribution in [-0.2, 0) is 13.0 Å². The number of ether oxygens (including phenoxy) is 2. The fraction of sp³-hybridized carbons (Fsp3) is 0.647. The molecular formula is C17H28N2O2. The van der Waals surface area contributed by atoms with Crippen LogP contribution in [0.2, 0.25) is 0 Å². The molecule has 0 spiro atoms. The number of benzene rings is 1. The van der Waals surface area contributed by atoms with Gasteiger partial charge in [0.2, 0.25) is 0 Å². The van der Waals surface area contributed by atoms with E-state index in [2.05, 4.69) is 17.0 Å². The Morgan fingerprint density at radius 3 is 2.33 bits per heavy atom. The van der Waals surface area contributed by atoms with Gasteiger partial charge in [-0.05, 0) is 55.6 Å². The summed E-state index contributed by atoms with van der Waals surface area (Å²) in [6, 6.07) is 4.27. The van der Waals surface area contributed by atoms with E-state index in [1.807, 2.05) is 0 Å². The molecule has 0 saturated carbocycles. The normalized spacial score (nSPS) is 14.8. The van der Waals surface area contributed by atoms with E-state index in [4.69, 9.17) is 15.2 Å². The van der Waals surface area contributed by atoms with Gasteiger partial charge in [-0.25, -0.2) is 0 Å². The third-order valence-electron chi connectivity index (χ3n) is 4.23. The molecule has 1 aromatic rings. The lowest BCUT2D eigenvalue weighted by atomic mass is 9.98. The number of hydrogen-bond acceptors (Lipinski definition) is 4. The van der Waals surface area contributed by atoms with Crippen LogP contribution in [0.3, 0.4) is 0 Å². The fourth-order valence-electron chi connectivity index (χ4n) is 2.97. The van der Waals surface area contributed by atoms with Crippen LogP contribution in [0.25, 0.3) is 0 Å². The van der Waals surface area contributed by atoms with Crippen LogP contribution in [0.15, 0.2) is 12.1 Å². The Hall–Kier alpha value is -1.26. The van der Waals surface area contributed by atoms with E-state index in [0.29, 0.717) is 0 Å². The Bertz CT molecular complexity index is 449. The van der Waals surface area contributed by atoms with Crippen molar-refractivity contribution < 1.29 is 9.47 Å². The molecule has 0 bridgehead atoms. The monoisotopic (exact) mass is 292 g/mol. The Labute approximate surface area is 128 Å². The van der Waals surface area contributed by atoms with Gasteiger partial charge in [0.25, 0.3) is 0 Å². The van der Waals surface area contributed by atoms with Gasteiger partial charge in [0.15, 0.2) is 11.5 Å². The molecule has 2 rings (SSSR count). The predicted octanol–water partition coefficient (Wildman–Crippen LogP) is 2.58. The first-order chi connectivity index (χ1) is 10.3. The molecule has 0 saturated heterocycles. The van der Waals surface area contributed by atoms with E-state index in [-0.39, 0.29) is 0 Å². The minimum Gasteiger partial charge on any atom is -0.493 e. The first-order valence-electron chi connectivity index (χ1n) is 7.94. The third kappa shape index (κ3) is 4.35. The van der Waals surface area contributed by atoms with Gasteiger partial charge in [0.1, 0.15) is 0 Å². The molecule has 4 heteroatoms. The van der Waals surface area contributed by atoms with Crippen LogP contribution < -0.4 is 15.2 Å². The molecule has 1 aliphatic rings.